The van der Waals surface area contributed by atoms with Gasteiger partial charge in [0.05, 0.1) is 12.2 Å². The van der Waals surface area contributed by atoms with Crippen LogP contribution in [-0.2, 0) is 4.74 Å². The fourth-order valence-electron chi connectivity index (χ4n) is 3.64. The van der Waals surface area contributed by atoms with E-state index in [-0.39, 0.29) is 0 Å². The molecule has 2 rings (SSSR count). The maximum atomic E-state index is 5.74. The van der Waals surface area contributed by atoms with E-state index in [1.807, 2.05) is 0 Å². The SMILES string of the molecule is CC1CCC(OC(C)C)CC1.CCCCN1CCN(C(C)C)CC1. The standard InChI is InChI=1S/C11H24N2.C10H20O/c1-4-5-6-12-7-9-13(10-8-12)11(2)3;1-8(2)11-10-6-4-9(3)5-7-10/h11H,4-10H2,1-3H3;8-10H,4-7H2,1-3H3. The molecular weight excluding hydrogens is 296 g/mol. The van der Waals surface area contributed by atoms with Crippen molar-refractivity contribution in [3.8, 4) is 0 Å². The zero-order valence-electron chi connectivity index (χ0n) is 17.4. The third-order valence-corrected chi connectivity index (χ3v) is 5.39. The van der Waals surface area contributed by atoms with Gasteiger partial charge in [0, 0.05) is 32.2 Å². The van der Waals surface area contributed by atoms with Crippen LogP contribution in [-0.4, -0.2) is 60.8 Å². The summed E-state index contributed by atoms with van der Waals surface area (Å²) in [5.41, 5.74) is 0. The Bertz CT molecular complexity index is 290. The van der Waals surface area contributed by atoms with Crippen LogP contribution in [0.4, 0.5) is 0 Å². The van der Waals surface area contributed by atoms with Crippen LogP contribution in [0.2, 0.25) is 0 Å². The number of nitrogens with zero attached hydrogens (tertiary/aromatic N) is 2. The first-order chi connectivity index (χ1) is 11.4. The lowest BCUT2D eigenvalue weighted by Crippen LogP contribution is -2.48. The molecule has 0 aromatic heterocycles. The number of piperazine rings is 1. The Morgan fingerprint density at radius 3 is 1.96 bits per heavy atom. The maximum absolute atomic E-state index is 5.74. The van der Waals surface area contributed by atoms with Crippen LogP contribution in [0, 0.1) is 5.92 Å². The Morgan fingerprint density at radius 1 is 0.917 bits per heavy atom. The zero-order valence-corrected chi connectivity index (χ0v) is 17.4. The van der Waals surface area contributed by atoms with Crippen molar-refractivity contribution in [2.75, 3.05) is 32.7 Å². The molecule has 1 saturated carbocycles. The van der Waals surface area contributed by atoms with Crippen molar-refractivity contribution in [3.63, 3.8) is 0 Å². The summed E-state index contributed by atoms with van der Waals surface area (Å²) in [4.78, 5) is 5.17. The average Bonchev–Trinajstić information content (AvgIpc) is 2.55. The van der Waals surface area contributed by atoms with Gasteiger partial charge in [-0.1, -0.05) is 20.3 Å². The molecule has 2 aliphatic rings. The Kier molecular flexibility index (Phi) is 11.2. The van der Waals surface area contributed by atoms with Crippen molar-refractivity contribution in [2.24, 2.45) is 5.92 Å². The molecule has 3 nitrogen and oxygen atoms in total. The van der Waals surface area contributed by atoms with Gasteiger partial charge in [0.2, 0.25) is 0 Å². The quantitative estimate of drug-likeness (QED) is 0.690. The summed E-state index contributed by atoms with van der Waals surface area (Å²) in [6.07, 6.45) is 8.93. The van der Waals surface area contributed by atoms with Crippen LogP contribution >= 0.6 is 0 Å². The van der Waals surface area contributed by atoms with Gasteiger partial charge in [0.25, 0.3) is 0 Å². The van der Waals surface area contributed by atoms with Gasteiger partial charge in [0.1, 0.15) is 0 Å². The highest BCUT2D eigenvalue weighted by Crippen LogP contribution is 2.26. The fourth-order valence-corrected chi connectivity index (χ4v) is 3.64. The van der Waals surface area contributed by atoms with Gasteiger partial charge in [0.15, 0.2) is 0 Å². The highest BCUT2D eigenvalue weighted by Gasteiger charge is 2.19. The van der Waals surface area contributed by atoms with Crippen LogP contribution in [0.1, 0.15) is 80.1 Å². The number of rotatable bonds is 6. The summed E-state index contributed by atoms with van der Waals surface area (Å²) in [6, 6.07) is 0.730. The van der Waals surface area contributed by atoms with Crippen LogP contribution in [0.5, 0.6) is 0 Å². The monoisotopic (exact) mass is 340 g/mol. The van der Waals surface area contributed by atoms with E-state index < -0.39 is 0 Å². The lowest BCUT2D eigenvalue weighted by molar-refractivity contribution is -0.0183. The van der Waals surface area contributed by atoms with Crippen LogP contribution < -0.4 is 0 Å². The van der Waals surface area contributed by atoms with Gasteiger partial charge in [-0.15, -0.1) is 0 Å². The Morgan fingerprint density at radius 2 is 1.50 bits per heavy atom. The van der Waals surface area contributed by atoms with Crippen molar-refractivity contribution >= 4 is 0 Å². The molecule has 1 heterocycles. The van der Waals surface area contributed by atoms with Gasteiger partial charge in [-0.2, -0.15) is 0 Å². The summed E-state index contributed by atoms with van der Waals surface area (Å²) in [7, 11) is 0. The molecule has 1 saturated heterocycles. The second kappa shape index (κ2) is 12.3. The van der Waals surface area contributed by atoms with E-state index in [1.54, 1.807) is 0 Å². The molecule has 0 bridgehead atoms. The average molecular weight is 341 g/mol. The fraction of sp³-hybridized carbons (Fsp3) is 1.00. The number of hydrogen-bond donors (Lipinski definition) is 0. The minimum atomic E-state index is 0.411. The van der Waals surface area contributed by atoms with E-state index in [1.165, 1.54) is 71.2 Å². The summed E-state index contributed by atoms with van der Waals surface area (Å²) < 4.78 is 5.74. The summed E-state index contributed by atoms with van der Waals surface area (Å²) in [5, 5.41) is 0. The lowest BCUT2D eigenvalue weighted by Gasteiger charge is -2.36. The van der Waals surface area contributed by atoms with Crippen LogP contribution in [0.25, 0.3) is 0 Å². The third kappa shape index (κ3) is 9.39. The first-order valence-corrected chi connectivity index (χ1v) is 10.5. The van der Waals surface area contributed by atoms with E-state index in [2.05, 4.69) is 51.3 Å². The Hall–Kier alpha value is -0.120. The second-order valence-electron chi connectivity index (χ2n) is 8.39. The number of hydrogen-bond acceptors (Lipinski definition) is 3. The molecule has 0 spiro atoms. The molecule has 2 fully saturated rings. The smallest absolute Gasteiger partial charge is 0.0578 e. The van der Waals surface area contributed by atoms with Gasteiger partial charge >= 0.3 is 0 Å². The van der Waals surface area contributed by atoms with Gasteiger partial charge < -0.3 is 9.64 Å². The maximum Gasteiger partial charge on any atom is 0.0578 e. The number of ether oxygens (including phenoxy) is 1. The third-order valence-electron chi connectivity index (χ3n) is 5.39. The molecule has 0 unspecified atom stereocenters. The molecule has 144 valence electrons. The second-order valence-corrected chi connectivity index (χ2v) is 8.39. The van der Waals surface area contributed by atoms with Crippen molar-refractivity contribution in [1.82, 2.24) is 9.80 Å². The molecule has 0 aromatic rings. The van der Waals surface area contributed by atoms with Crippen LogP contribution in [0.15, 0.2) is 0 Å². The van der Waals surface area contributed by atoms with Crippen molar-refractivity contribution in [2.45, 2.75) is 98.3 Å². The molecule has 0 radical (unpaired) electrons. The van der Waals surface area contributed by atoms with Crippen molar-refractivity contribution < 1.29 is 4.74 Å². The normalized spacial score (nSPS) is 26.5. The molecule has 0 aromatic carbocycles. The number of unbranched alkanes of at least 4 members (excludes halogenated alkanes) is 1. The first kappa shape index (κ1) is 21.9. The molecule has 3 heteroatoms. The predicted octanol–water partition coefficient (Wildman–Crippen LogP) is 4.80. The lowest BCUT2D eigenvalue weighted by atomic mass is 9.89. The van der Waals surface area contributed by atoms with E-state index in [4.69, 9.17) is 4.74 Å². The molecule has 0 N–H and O–H groups in total. The van der Waals surface area contributed by atoms with E-state index in [0.717, 1.165) is 12.0 Å². The largest absolute Gasteiger partial charge is 0.376 e. The molecule has 24 heavy (non-hydrogen) atoms. The summed E-state index contributed by atoms with van der Waals surface area (Å²) >= 11 is 0. The van der Waals surface area contributed by atoms with Gasteiger partial charge in [-0.3, -0.25) is 4.90 Å². The molecule has 0 amide bonds. The zero-order chi connectivity index (χ0) is 17.9. The van der Waals surface area contributed by atoms with Crippen LogP contribution in [0.3, 0.4) is 0 Å². The van der Waals surface area contributed by atoms with E-state index in [9.17, 15) is 0 Å². The van der Waals surface area contributed by atoms with Crippen molar-refractivity contribution in [3.05, 3.63) is 0 Å². The Labute approximate surface area is 152 Å². The van der Waals surface area contributed by atoms with E-state index in [0.29, 0.717) is 12.2 Å². The van der Waals surface area contributed by atoms with Gasteiger partial charge in [-0.05, 0) is 72.3 Å². The Balaban J connectivity index is 0.000000243. The van der Waals surface area contributed by atoms with Gasteiger partial charge in [-0.25, -0.2) is 0 Å². The minimum Gasteiger partial charge on any atom is -0.376 e. The highest BCUT2D eigenvalue weighted by molar-refractivity contribution is 4.74. The molecule has 1 aliphatic heterocycles. The summed E-state index contributed by atoms with van der Waals surface area (Å²) in [5.74, 6) is 0.932. The summed E-state index contributed by atoms with van der Waals surface area (Å²) in [6.45, 7) is 19.8. The molecule has 1 aliphatic carbocycles. The molecule has 0 atom stereocenters. The first-order valence-electron chi connectivity index (χ1n) is 10.5. The van der Waals surface area contributed by atoms with Crippen molar-refractivity contribution in [1.29, 1.82) is 0 Å². The van der Waals surface area contributed by atoms with E-state index >= 15 is 0 Å². The minimum absolute atomic E-state index is 0.411. The topological polar surface area (TPSA) is 15.7 Å². The predicted molar refractivity (Wildman–Crippen MR) is 106 cm³/mol. The molecular formula is C21H44N2O. The highest BCUT2D eigenvalue weighted by atomic mass is 16.5.